The van der Waals surface area contributed by atoms with Gasteiger partial charge in [0.15, 0.2) is 17.3 Å². The van der Waals surface area contributed by atoms with Crippen LogP contribution in [0.3, 0.4) is 0 Å². The zero-order valence-corrected chi connectivity index (χ0v) is 20.1. The molecule has 0 amide bonds. The fourth-order valence-corrected chi connectivity index (χ4v) is 3.29. The molecule has 0 fully saturated rings. The highest BCUT2D eigenvalue weighted by atomic mass is 79.9. The maximum atomic E-state index is 14.1. The van der Waals surface area contributed by atoms with Crippen LogP contribution in [0.1, 0.15) is 5.56 Å². The summed E-state index contributed by atoms with van der Waals surface area (Å²) >= 11 is 19.1. The molecule has 0 heterocycles. The van der Waals surface area contributed by atoms with Crippen molar-refractivity contribution in [2.45, 2.75) is 6.61 Å². The number of benzene rings is 3. The van der Waals surface area contributed by atoms with Crippen molar-refractivity contribution >= 4 is 55.1 Å². The van der Waals surface area contributed by atoms with Gasteiger partial charge in [0.05, 0.1) is 13.4 Å². The van der Waals surface area contributed by atoms with Gasteiger partial charge in [0.2, 0.25) is 0 Å². The predicted molar refractivity (Wildman–Crippen MR) is 125 cm³/mol. The lowest BCUT2D eigenvalue weighted by Crippen LogP contribution is -1.99. The minimum atomic E-state index is -0.468. The average molecular weight is 577 g/mol. The number of hydrogen-bond donors (Lipinski definition) is 0. The molecular formula is C22H15Br2Cl2FO3. The molecular weight excluding hydrogens is 562 g/mol. The smallest absolute Gasteiger partial charge is 0.165 e. The normalized spacial score (nSPS) is 10.4. The van der Waals surface area contributed by atoms with Crippen molar-refractivity contribution in [3.8, 4) is 23.0 Å². The van der Waals surface area contributed by atoms with Crippen molar-refractivity contribution in [1.82, 2.24) is 0 Å². The predicted octanol–water partition coefficient (Wildman–Crippen LogP) is 8.51. The highest BCUT2D eigenvalue weighted by Gasteiger charge is 2.12. The molecule has 0 aromatic heterocycles. The van der Waals surface area contributed by atoms with E-state index in [4.69, 9.17) is 37.4 Å². The van der Waals surface area contributed by atoms with Crippen LogP contribution in [0.2, 0.25) is 10.0 Å². The Kier molecular flexibility index (Phi) is 8.45. The Labute approximate surface area is 200 Å². The summed E-state index contributed by atoms with van der Waals surface area (Å²) in [6.07, 6.45) is 1.79. The summed E-state index contributed by atoms with van der Waals surface area (Å²) in [7, 11) is 0. The number of para-hydroxylation sites is 1. The zero-order valence-electron chi connectivity index (χ0n) is 15.4. The van der Waals surface area contributed by atoms with Crippen LogP contribution in [-0.2, 0) is 6.61 Å². The molecule has 0 bridgehead atoms. The van der Waals surface area contributed by atoms with Gasteiger partial charge in [-0.2, -0.15) is 0 Å². The van der Waals surface area contributed by atoms with Crippen LogP contribution >= 0.6 is 55.1 Å². The third kappa shape index (κ3) is 6.64. The molecule has 0 aliphatic rings. The maximum Gasteiger partial charge on any atom is 0.165 e. The first-order chi connectivity index (χ1) is 14.4. The number of halogens is 5. The van der Waals surface area contributed by atoms with Crippen LogP contribution in [0.4, 0.5) is 4.39 Å². The summed E-state index contributed by atoms with van der Waals surface area (Å²) in [5.74, 6) is 1.00. The monoisotopic (exact) mass is 574 g/mol. The van der Waals surface area contributed by atoms with Gasteiger partial charge in [0, 0.05) is 12.1 Å². The van der Waals surface area contributed by atoms with Gasteiger partial charge in [-0.1, -0.05) is 47.5 Å². The first-order valence-corrected chi connectivity index (χ1v) is 11.0. The van der Waals surface area contributed by atoms with Gasteiger partial charge in [0.25, 0.3) is 0 Å². The number of ether oxygens (including phenoxy) is 3. The average Bonchev–Trinajstić information content (AvgIpc) is 2.70. The molecule has 3 nitrogen and oxygen atoms in total. The van der Waals surface area contributed by atoms with Crippen LogP contribution in [-0.4, -0.2) is 6.61 Å². The van der Waals surface area contributed by atoms with Crippen molar-refractivity contribution in [2.75, 3.05) is 6.61 Å². The fraction of sp³-hybridized carbons (Fsp3) is 0.0909. The van der Waals surface area contributed by atoms with Crippen LogP contribution in [0.15, 0.2) is 70.1 Å². The second-order valence-corrected chi connectivity index (χ2v) is 9.58. The standard InChI is InChI=1S/C22H15Br2Cl2FO3/c23-21(24)8-9-28-16-11-17(25)22(18(26)12-16)29-13-14-6-7-19(27)20(10-14)30-15-4-2-1-3-5-15/h1-8,10-12H,9,13H2. The van der Waals surface area contributed by atoms with E-state index >= 15 is 0 Å². The molecule has 3 rings (SSSR count). The van der Waals surface area contributed by atoms with Crippen LogP contribution < -0.4 is 14.2 Å². The molecule has 0 N–H and O–H groups in total. The summed E-state index contributed by atoms with van der Waals surface area (Å²) in [4.78, 5) is 0. The van der Waals surface area contributed by atoms with Gasteiger partial charge < -0.3 is 14.2 Å². The lowest BCUT2D eigenvalue weighted by atomic mass is 10.2. The molecule has 0 atom stereocenters. The van der Waals surface area contributed by atoms with Crippen molar-refractivity contribution in [1.29, 1.82) is 0 Å². The quantitative estimate of drug-likeness (QED) is 0.269. The minimum absolute atomic E-state index is 0.106. The Balaban J connectivity index is 1.69. The molecule has 30 heavy (non-hydrogen) atoms. The van der Waals surface area contributed by atoms with E-state index in [-0.39, 0.29) is 12.4 Å². The molecule has 8 heteroatoms. The number of rotatable bonds is 8. The molecule has 0 saturated carbocycles. The summed E-state index contributed by atoms with van der Waals surface area (Å²) in [5.41, 5.74) is 0.696. The summed E-state index contributed by atoms with van der Waals surface area (Å²) in [6.45, 7) is 0.461. The third-order valence-electron chi connectivity index (χ3n) is 3.81. The second-order valence-electron chi connectivity index (χ2n) is 5.99. The van der Waals surface area contributed by atoms with E-state index in [1.54, 1.807) is 42.5 Å². The Bertz CT molecular complexity index is 1020. The van der Waals surface area contributed by atoms with E-state index in [0.717, 1.165) is 3.39 Å². The topological polar surface area (TPSA) is 27.7 Å². The van der Waals surface area contributed by atoms with E-state index in [9.17, 15) is 4.39 Å². The van der Waals surface area contributed by atoms with Crippen molar-refractivity contribution < 1.29 is 18.6 Å². The summed E-state index contributed by atoms with van der Waals surface area (Å²) in [5, 5.41) is 0.615. The van der Waals surface area contributed by atoms with E-state index in [1.165, 1.54) is 6.07 Å². The Morgan fingerprint density at radius 3 is 2.27 bits per heavy atom. The van der Waals surface area contributed by atoms with E-state index < -0.39 is 5.82 Å². The third-order valence-corrected chi connectivity index (χ3v) is 5.02. The van der Waals surface area contributed by atoms with Gasteiger partial charge in [-0.15, -0.1) is 0 Å². The Morgan fingerprint density at radius 2 is 1.60 bits per heavy atom. The molecule has 156 valence electrons. The van der Waals surface area contributed by atoms with E-state index in [0.29, 0.717) is 39.5 Å². The Hall–Kier alpha value is -1.73. The van der Waals surface area contributed by atoms with E-state index in [2.05, 4.69) is 31.9 Å². The first kappa shape index (κ1) is 22.9. The summed E-state index contributed by atoms with van der Waals surface area (Å²) < 4.78 is 31.8. The van der Waals surface area contributed by atoms with E-state index in [1.807, 2.05) is 18.2 Å². The van der Waals surface area contributed by atoms with Gasteiger partial charge in [-0.25, -0.2) is 4.39 Å². The molecule has 0 aliphatic carbocycles. The molecule has 0 spiro atoms. The lowest BCUT2D eigenvalue weighted by Gasteiger charge is -2.13. The minimum Gasteiger partial charge on any atom is -0.489 e. The first-order valence-electron chi connectivity index (χ1n) is 8.69. The molecule has 0 radical (unpaired) electrons. The molecule has 3 aromatic carbocycles. The Morgan fingerprint density at radius 1 is 0.900 bits per heavy atom. The van der Waals surface area contributed by atoms with Crippen LogP contribution in [0, 0.1) is 5.82 Å². The van der Waals surface area contributed by atoms with Gasteiger partial charge in [0.1, 0.15) is 24.7 Å². The zero-order chi connectivity index (χ0) is 21.5. The van der Waals surface area contributed by atoms with Gasteiger partial charge in [-0.3, -0.25) is 0 Å². The second kappa shape index (κ2) is 11.0. The highest BCUT2D eigenvalue weighted by molar-refractivity contribution is 9.28. The van der Waals surface area contributed by atoms with Crippen LogP contribution in [0.25, 0.3) is 0 Å². The SMILES string of the molecule is Fc1ccc(COc2c(Cl)cc(OCC=C(Br)Br)cc2Cl)cc1Oc1ccccc1. The summed E-state index contributed by atoms with van der Waals surface area (Å²) in [6, 6.07) is 16.7. The van der Waals surface area contributed by atoms with Gasteiger partial charge >= 0.3 is 0 Å². The molecule has 0 aliphatic heterocycles. The van der Waals surface area contributed by atoms with Crippen LogP contribution in [0.5, 0.6) is 23.0 Å². The molecule has 0 unspecified atom stereocenters. The fourth-order valence-electron chi connectivity index (χ4n) is 2.45. The molecule has 3 aromatic rings. The molecule has 0 saturated heterocycles. The maximum absolute atomic E-state index is 14.1. The largest absolute Gasteiger partial charge is 0.489 e. The van der Waals surface area contributed by atoms with Crippen molar-refractivity contribution in [3.63, 3.8) is 0 Å². The van der Waals surface area contributed by atoms with Crippen molar-refractivity contribution in [2.24, 2.45) is 0 Å². The number of hydrogen-bond acceptors (Lipinski definition) is 3. The van der Waals surface area contributed by atoms with Crippen molar-refractivity contribution in [3.05, 3.63) is 91.6 Å². The lowest BCUT2D eigenvalue weighted by molar-refractivity contribution is 0.304. The van der Waals surface area contributed by atoms with Gasteiger partial charge in [-0.05, 0) is 67.8 Å². The highest BCUT2D eigenvalue weighted by Crippen LogP contribution is 2.37.